The first-order valence-electron chi connectivity index (χ1n) is 11.1. The maximum absolute atomic E-state index is 11.8. The minimum atomic E-state index is -2.08. The highest BCUT2D eigenvalue weighted by molar-refractivity contribution is 6.74. The number of carboxylic acid groups (broad SMARTS) is 1. The molecular weight excluding hydrogens is 410 g/mol. The highest BCUT2D eigenvalue weighted by Gasteiger charge is 2.41. The fourth-order valence-electron chi connectivity index (χ4n) is 4.07. The van der Waals surface area contributed by atoms with Gasteiger partial charge in [0.05, 0.1) is 12.0 Å². The van der Waals surface area contributed by atoms with Crippen molar-refractivity contribution in [2.24, 2.45) is 16.8 Å². The number of carbonyl (C=O) groups is 1. The SMILES string of the molecule is CC[C@H]1C(C(=O)O)CCCN1C[C@@H](O[Si](C)(C)C(C)(C)C)c1ccc(C(N)=NO)cc1. The third kappa shape index (κ3) is 6.08. The highest BCUT2D eigenvalue weighted by atomic mass is 28.4. The van der Waals surface area contributed by atoms with Gasteiger partial charge in [-0.2, -0.15) is 0 Å². The summed E-state index contributed by atoms with van der Waals surface area (Å²) in [6, 6.07) is 7.60. The molecular formula is C23H39N3O4Si. The molecule has 1 aromatic carbocycles. The van der Waals surface area contributed by atoms with E-state index >= 15 is 0 Å². The van der Waals surface area contributed by atoms with Gasteiger partial charge < -0.3 is 20.5 Å². The van der Waals surface area contributed by atoms with Crippen molar-refractivity contribution in [3.05, 3.63) is 35.4 Å². The summed E-state index contributed by atoms with van der Waals surface area (Å²) >= 11 is 0. The molecule has 0 aliphatic carbocycles. The van der Waals surface area contributed by atoms with E-state index in [4.69, 9.17) is 15.4 Å². The van der Waals surface area contributed by atoms with Crippen LogP contribution in [0.2, 0.25) is 18.1 Å². The van der Waals surface area contributed by atoms with Crippen LogP contribution in [-0.2, 0) is 9.22 Å². The predicted molar refractivity (Wildman–Crippen MR) is 126 cm³/mol. The number of aliphatic carboxylic acids is 1. The standard InChI is InChI=1S/C23H39N3O4Si/c1-7-19-18(22(27)28)9-8-14-26(19)15-20(30-31(5,6)23(2,3)4)16-10-12-17(13-11-16)21(24)25-29/h10-13,18-20,29H,7-9,14-15H2,1-6H3,(H2,24,25)(H,27,28)/t18?,19-,20+/m0/s1. The van der Waals surface area contributed by atoms with Gasteiger partial charge in [0.15, 0.2) is 14.2 Å². The average molecular weight is 450 g/mol. The van der Waals surface area contributed by atoms with Gasteiger partial charge >= 0.3 is 5.97 Å². The van der Waals surface area contributed by atoms with Gasteiger partial charge in [-0.15, -0.1) is 0 Å². The van der Waals surface area contributed by atoms with Gasteiger partial charge in [-0.3, -0.25) is 9.69 Å². The van der Waals surface area contributed by atoms with Crippen LogP contribution < -0.4 is 5.73 Å². The normalized spacial score (nSPS) is 22.3. The van der Waals surface area contributed by atoms with Crippen LogP contribution in [0, 0.1) is 5.92 Å². The fraction of sp³-hybridized carbons (Fsp3) is 0.652. The van der Waals surface area contributed by atoms with Crippen molar-refractivity contribution in [1.29, 1.82) is 0 Å². The van der Waals surface area contributed by atoms with E-state index in [1.165, 1.54) is 0 Å². The second kappa shape index (κ2) is 10.1. The Morgan fingerprint density at radius 3 is 2.42 bits per heavy atom. The van der Waals surface area contributed by atoms with Gasteiger partial charge in [-0.05, 0) is 49.5 Å². The number of hydrogen-bond donors (Lipinski definition) is 3. The third-order valence-corrected chi connectivity index (χ3v) is 11.4. The summed E-state index contributed by atoms with van der Waals surface area (Å²) in [7, 11) is -2.08. The molecule has 1 aliphatic heterocycles. The number of carboxylic acids is 1. The molecule has 2 rings (SSSR count). The zero-order valence-corrected chi connectivity index (χ0v) is 20.8. The number of nitrogens with zero attached hydrogens (tertiary/aromatic N) is 2. The molecule has 0 spiro atoms. The van der Waals surface area contributed by atoms with Crippen LogP contribution in [0.25, 0.3) is 0 Å². The molecule has 1 aliphatic rings. The summed E-state index contributed by atoms with van der Waals surface area (Å²) in [5.74, 6) is -0.975. The molecule has 1 unspecified atom stereocenters. The molecule has 1 fully saturated rings. The van der Waals surface area contributed by atoms with Crippen LogP contribution in [0.5, 0.6) is 0 Å². The predicted octanol–water partition coefficient (Wildman–Crippen LogP) is 4.42. The Bertz CT molecular complexity index is 774. The summed E-state index contributed by atoms with van der Waals surface area (Å²) < 4.78 is 6.85. The molecule has 1 aromatic rings. The minimum absolute atomic E-state index is 0.00760. The molecule has 174 valence electrons. The van der Waals surface area contributed by atoms with Crippen molar-refractivity contribution in [3.63, 3.8) is 0 Å². The lowest BCUT2D eigenvalue weighted by atomic mass is 9.87. The van der Waals surface area contributed by atoms with E-state index in [1.807, 2.05) is 24.3 Å². The first kappa shape index (κ1) is 25.4. The van der Waals surface area contributed by atoms with Gasteiger partial charge in [0.2, 0.25) is 0 Å². The molecule has 0 aromatic heterocycles. The second-order valence-electron chi connectivity index (χ2n) is 10.0. The van der Waals surface area contributed by atoms with E-state index in [0.717, 1.165) is 31.4 Å². The van der Waals surface area contributed by atoms with Gasteiger partial charge in [-0.1, -0.05) is 57.1 Å². The lowest BCUT2D eigenvalue weighted by Gasteiger charge is -2.44. The summed E-state index contributed by atoms with van der Waals surface area (Å²) in [5.41, 5.74) is 7.39. The molecule has 1 saturated heterocycles. The maximum atomic E-state index is 11.8. The fourth-order valence-corrected chi connectivity index (χ4v) is 5.34. The lowest BCUT2D eigenvalue weighted by Crippen LogP contribution is -2.50. The maximum Gasteiger partial charge on any atom is 0.308 e. The van der Waals surface area contributed by atoms with E-state index in [0.29, 0.717) is 12.1 Å². The van der Waals surface area contributed by atoms with Crippen LogP contribution in [0.4, 0.5) is 0 Å². The van der Waals surface area contributed by atoms with E-state index in [1.54, 1.807) is 0 Å². The largest absolute Gasteiger partial charge is 0.481 e. The number of hydrogen-bond acceptors (Lipinski definition) is 5. The average Bonchev–Trinajstić information content (AvgIpc) is 2.71. The summed E-state index contributed by atoms with van der Waals surface area (Å²) in [6.07, 6.45) is 2.23. The molecule has 3 atom stereocenters. The van der Waals surface area contributed by atoms with E-state index in [2.05, 4.69) is 50.8 Å². The Hall–Kier alpha value is -1.90. The molecule has 4 N–H and O–H groups in total. The molecule has 1 heterocycles. The molecule has 0 saturated carbocycles. The number of benzene rings is 1. The Balaban J connectivity index is 2.36. The third-order valence-electron chi connectivity index (χ3n) is 6.96. The molecule has 0 bridgehead atoms. The number of oxime groups is 1. The zero-order chi connectivity index (χ0) is 23.4. The first-order valence-corrected chi connectivity index (χ1v) is 14.0. The van der Waals surface area contributed by atoms with Crippen molar-refractivity contribution in [2.45, 2.75) is 77.2 Å². The summed E-state index contributed by atoms with van der Waals surface area (Å²) in [4.78, 5) is 14.1. The minimum Gasteiger partial charge on any atom is -0.481 e. The van der Waals surface area contributed by atoms with E-state index < -0.39 is 14.3 Å². The monoisotopic (exact) mass is 449 g/mol. The number of likely N-dealkylation sites (tertiary alicyclic amines) is 1. The van der Waals surface area contributed by atoms with E-state index in [-0.39, 0.29) is 28.9 Å². The zero-order valence-electron chi connectivity index (χ0n) is 19.8. The first-order chi connectivity index (χ1) is 14.4. The van der Waals surface area contributed by atoms with Crippen molar-refractivity contribution in [3.8, 4) is 0 Å². The van der Waals surface area contributed by atoms with Gasteiger partial charge in [0, 0.05) is 18.2 Å². The Morgan fingerprint density at radius 2 is 1.94 bits per heavy atom. The van der Waals surface area contributed by atoms with Crippen LogP contribution in [0.1, 0.15) is 64.2 Å². The summed E-state index contributed by atoms with van der Waals surface area (Å²) in [5, 5.41) is 21.8. The molecule has 0 radical (unpaired) electrons. The Labute approximate surface area is 187 Å². The van der Waals surface area contributed by atoms with Crippen LogP contribution in [0.3, 0.4) is 0 Å². The van der Waals surface area contributed by atoms with Crippen molar-refractivity contribution < 1.29 is 19.5 Å². The lowest BCUT2D eigenvalue weighted by molar-refractivity contribution is -0.146. The number of piperidine rings is 1. The number of rotatable bonds is 8. The van der Waals surface area contributed by atoms with Crippen LogP contribution >= 0.6 is 0 Å². The smallest absolute Gasteiger partial charge is 0.308 e. The second-order valence-corrected chi connectivity index (χ2v) is 14.8. The highest BCUT2D eigenvalue weighted by Crippen LogP contribution is 2.40. The van der Waals surface area contributed by atoms with Crippen LogP contribution in [0.15, 0.2) is 29.4 Å². The molecule has 31 heavy (non-hydrogen) atoms. The van der Waals surface area contributed by atoms with Crippen molar-refractivity contribution >= 4 is 20.1 Å². The molecule has 0 amide bonds. The van der Waals surface area contributed by atoms with Gasteiger partial charge in [-0.25, -0.2) is 0 Å². The van der Waals surface area contributed by atoms with Gasteiger partial charge in [0.1, 0.15) is 0 Å². The van der Waals surface area contributed by atoms with Gasteiger partial charge in [0.25, 0.3) is 0 Å². The quantitative estimate of drug-likeness (QED) is 0.178. The molecule has 7 nitrogen and oxygen atoms in total. The topological polar surface area (TPSA) is 108 Å². The number of amidine groups is 1. The van der Waals surface area contributed by atoms with Crippen molar-refractivity contribution in [1.82, 2.24) is 4.90 Å². The van der Waals surface area contributed by atoms with Crippen LogP contribution in [-0.4, -0.2) is 54.5 Å². The Kier molecular flexibility index (Phi) is 8.30. The molecule has 8 heteroatoms. The number of nitrogens with two attached hydrogens (primary N) is 1. The van der Waals surface area contributed by atoms with Crippen molar-refractivity contribution in [2.75, 3.05) is 13.1 Å². The van der Waals surface area contributed by atoms with E-state index in [9.17, 15) is 9.90 Å². The summed E-state index contributed by atoms with van der Waals surface area (Å²) in [6.45, 7) is 14.7. The Morgan fingerprint density at radius 1 is 1.32 bits per heavy atom.